The minimum absolute atomic E-state index is 0.0820. The summed E-state index contributed by atoms with van der Waals surface area (Å²) in [6.07, 6.45) is 4.48. The van der Waals surface area contributed by atoms with Crippen molar-refractivity contribution in [2.24, 2.45) is 0 Å². The van der Waals surface area contributed by atoms with Gasteiger partial charge in [0, 0.05) is 6.07 Å². The Hall–Kier alpha value is -2.67. The maximum absolute atomic E-state index is 13.5. The van der Waals surface area contributed by atoms with Crippen LogP contribution in [0.3, 0.4) is 0 Å². The van der Waals surface area contributed by atoms with Gasteiger partial charge in [-0.05, 0) is 42.7 Å². The first kappa shape index (κ1) is 20.4. The van der Waals surface area contributed by atoms with Gasteiger partial charge in [-0.15, -0.1) is 0 Å². The first-order valence-corrected chi connectivity index (χ1v) is 8.65. The van der Waals surface area contributed by atoms with Gasteiger partial charge in [0.25, 0.3) is 0 Å². The predicted molar refractivity (Wildman–Crippen MR) is 97.1 cm³/mol. The van der Waals surface area contributed by atoms with Crippen LogP contribution in [-0.4, -0.2) is 5.97 Å². The molecule has 0 unspecified atom stereocenters. The number of hydrogen-bond acceptors (Lipinski definition) is 3. The molecular formula is C21H24FNO2. The Morgan fingerprint density at radius 1 is 1.12 bits per heavy atom. The van der Waals surface area contributed by atoms with Gasteiger partial charge in [0.1, 0.15) is 17.6 Å². The lowest BCUT2D eigenvalue weighted by atomic mass is 10.1. The Morgan fingerprint density at radius 2 is 1.80 bits per heavy atom. The standard InChI is InChI=1S/C19H18FNO2.C2H6/c1-2-3-4-5-14-6-8-15(9-7-14)19(22)23-17-11-10-16(13-21)18(20)12-17;1-2/h6-12H,2-5H2,1H3;1-2H3. The monoisotopic (exact) mass is 341 g/mol. The van der Waals surface area contributed by atoms with E-state index in [1.165, 1.54) is 30.5 Å². The van der Waals surface area contributed by atoms with E-state index < -0.39 is 11.8 Å². The highest BCUT2D eigenvalue weighted by Crippen LogP contribution is 2.18. The fraction of sp³-hybridized carbons (Fsp3) is 0.333. The molecule has 2 aromatic carbocycles. The van der Waals surface area contributed by atoms with Gasteiger partial charge in [0.15, 0.2) is 0 Å². The highest BCUT2D eigenvalue weighted by Gasteiger charge is 2.10. The topological polar surface area (TPSA) is 50.1 Å². The molecule has 0 spiro atoms. The summed E-state index contributed by atoms with van der Waals surface area (Å²) in [5, 5.41) is 8.67. The third-order valence-corrected chi connectivity index (χ3v) is 3.53. The van der Waals surface area contributed by atoms with Gasteiger partial charge in [-0.25, -0.2) is 9.18 Å². The molecule has 25 heavy (non-hydrogen) atoms. The predicted octanol–water partition coefficient (Wildman–Crippen LogP) is 5.68. The summed E-state index contributed by atoms with van der Waals surface area (Å²) in [7, 11) is 0. The van der Waals surface area contributed by atoms with Crippen LogP contribution in [0.5, 0.6) is 5.75 Å². The Labute approximate surface area is 149 Å². The second-order valence-corrected chi connectivity index (χ2v) is 5.30. The van der Waals surface area contributed by atoms with E-state index in [0.29, 0.717) is 5.56 Å². The molecule has 0 aliphatic heterocycles. The first-order chi connectivity index (χ1) is 12.1. The van der Waals surface area contributed by atoms with Crippen molar-refractivity contribution in [1.29, 1.82) is 5.26 Å². The number of aryl methyl sites for hydroxylation is 1. The molecule has 0 bridgehead atoms. The Morgan fingerprint density at radius 3 is 2.36 bits per heavy atom. The lowest BCUT2D eigenvalue weighted by Gasteiger charge is -2.06. The third kappa shape index (κ3) is 6.39. The molecule has 0 saturated heterocycles. The van der Waals surface area contributed by atoms with Crippen molar-refractivity contribution in [2.45, 2.75) is 46.5 Å². The van der Waals surface area contributed by atoms with Crippen LogP contribution in [0.1, 0.15) is 61.5 Å². The number of halogens is 1. The van der Waals surface area contributed by atoms with Crippen LogP contribution >= 0.6 is 0 Å². The van der Waals surface area contributed by atoms with Crippen LogP contribution in [0.2, 0.25) is 0 Å². The minimum atomic E-state index is -0.705. The van der Waals surface area contributed by atoms with Gasteiger partial charge in [0.05, 0.1) is 11.1 Å². The maximum atomic E-state index is 13.5. The molecule has 132 valence electrons. The molecule has 3 nitrogen and oxygen atoms in total. The van der Waals surface area contributed by atoms with Crippen molar-refractivity contribution in [3.05, 3.63) is 65.0 Å². The quantitative estimate of drug-likeness (QED) is 0.386. The number of hydrogen-bond donors (Lipinski definition) is 0. The number of esters is 1. The second-order valence-electron chi connectivity index (χ2n) is 5.30. The van der Waals surface area contributed by atoms with Crippen molar-refractivity contribution >= 4 is 5.97 Å². The van der Waals surface area contributed by atoms with E-state index >= 15 is 0 Å². The number of rotatable bonds is 6. The van der Waals surface area contributed by atoms with E-state index in [-0.39, 0.29) is 11.3 Å². The van der Waals surface area contributed by atoms with Crippen LogP contribution in [-0.2, 0) is 6.42 Å². The molecule has 4 heteroatoms. The van der Waals surface area contributed by atoms with Crippen molar-refractivity contribution < 1.29 is 13.9 Å². The maximum Gasteiger partial charge on any atom is 0.343 e. The molecule has 0 amide bonds. The Balaban J connectivity index is 0.00000151. The number of carbonyl (C=O) groups excluding carboxylic acids is 1. The van der Waals surface area contributed by atoms with Gasteiger partial charge < -0.3 is 4.74 Å². The van der Waals surface area contributed by atoms with Crippen LogP contribution in [0.15, 0.2) is 42.5 Å². The highest BCUT2D eigenvalue weighted by atomic mass is 19.1. The van der Waals surface area contributed by atoms with Crippen molar-refractivity contribution in [2.75, 3.05) is 0 Å². The van der Waals surface area contributed by atoms with Crippen molar-refractivity contribution in [3.8, 4) is 11.8 Å². The number of ether oxygens (including phenoxy) is 1. The Kier molecular flexibility index (Phi) is 8.95. The van der Waals surface area contributed by atoms with E-state index in [1.54, 1.807) is 18.2 Å². The van der Waals surface area contributed by atoms with Crippen LogP contribution in [0, 0.1) is 17.1 Å². The summed E-state index contributed by atoms with van der Waals surface area (Å²) in [5.41, 5.74) is 1.51. The Bertz CT molecular complexity index is 718. The van der Waals surface area contributed by atoms with Crippen molar-refractivity contribution in [1.82, 2.24) is 0 Å². The first-order valence-electron chi connectivity index (χ1n) is 8.65. The third-order valence-electron chi connectivity index (χ3n) is 3.53. The fourth-order valence-corrected chi connectivity index (χ4v) is 2.20. The molecule has 0 radical (unpaired) electrons. The lowest BCUT2D eigenvalue weighted by molar-refractivity contribution is 0.0734. The SMILES string of the molecule is CC.CCCCCc1ccc(C(=O)Oc2ccc(C#N)c(F)c2)cc1. The second kappa shape index (κ2) is 11.0. The number of carbonyl (C=O) groups is 1. The van der Waals surface area contributed by atoms with Crippen LogP contribution in [0.25, 0.3) is 0 Å². The van der Waals surface area contributed by atoms with Gasteiger partial charge >= 0.3 is 5.97 Å². The molecule has 2 aromatic rings. The van der Waals surface area contributed by atoms with Crippen LogP contribution < -0.4 is 4.74 Å². The molecular weight excluding hydrogens is 317 g/mol. The van der Waals surface area contributed by atoms with Gasteiger partial charge in [0.2, 0.25) is 0 Å². The summed E-state index contributed by atoms with van der Waals surface area (Å²) in [6, 6.07) is 12.7. The number of nitriles is 1. The summed E-state index contributed by atoms with van der Waals surface area (Å²) in [5.74, 6) is -1.17. The average molecular weight is 341 g/mol. The molecule has 0 atom stereocenters. The summed E-state index contributed by atoms with van der Waals surface area (Å²) in [4.78, 5) is 12.0. The largest absolute Gasteiger partial charge is 0.423 e. The molecule has 0 fully saturated rings. The molecule has 0 aliphatic carbocycles. The van der Waals surface area contributed by atoms with E-state index in [2.05, 4.69) is 6.92 Å². The smallest absolute Gasteiger partial charge is 0.343 e. The number of benzene rings is 2. The van der Waals surface area contributed by atoms with Gasteiger partial charge in [-0.3, -0.25) is 0 Å². The van der Waals surface area contributed by atoms with E-state index in [9.17, 15) is 9.18 Å². The normalized spacial score (nSPS) is 9.56. The number of nitrogens with zero attached hydrogens (tertiary/aromatic N) is 1. The molecule has 2 rings (SSSR count). The zero-order valence-electron chi connectivity index (χ0n) is 15.0. The molecule has 0 saturated carbocycles. The average Bonchev–Trinajstić information content (AvgIpc) is 2.64. The van der Waals surface area contributed by atoms with E-state index in [1.807, 2.05) is 26.0 Å². The molecule has 0 aromatic heterocycles. The van der Waals surface area contributed by atoms with Crippen LogP contribution in [0.4, 0.5) is 4.39 Å². The van der Waals surface area contributed by atoms with Gasteiger partial charge in [-0.2, -0.15) is 5.26 Å². The zero-order chi connectivity index (χ0) is 18.7. The fourth-order valence-electron chi connectivity index (χ4n) is 2.20. The highest BCUT2D eigenvalue weighted by molar-refractivity contribution is 5.91. The summed E-state index contributed by atoms with van der Waals surface area (Å²) in [6.45, 7) is 6.16. The zero-order valence-corrected chi connectivity index (χ0v) is 15.0. The molecule has 0 heterocycles. The molecule has 0 N–H and O–H groups in total. The number of unbranched alkanes of at least 4 members (excludes halogenated alkanes) is 2. The summed E-state index contributed by atoms with van der Waals surface area (Å²) >= 11 is 0. The minimum Gasteiger partial charge on any atom is -0.423 e. The summed E-state index contributed by atoms with van der Waals surface area (Å²) < 4.78 is 18.6. The van der Waals surface area contributed by atoms with Gasteiger partial charge in [-0.1, -0.05) is 45.7 Å². The molecule has 0 aliphatic rings. The van der Waals surface area contributed by atoms with Crippen molar-refractivity contribution in [3.63, 3.8) is 0 Å². The van der Waals surface area contributed by atoms with E-state index in [0.717, 1.165) is 18.9 Å². The van der Waals surface area contributed by atoms with E-state index in [4.69, 9.17) is 10.00 Å². The lowest BCUT2D eigenvalue weighted by Crippen LogP contribution is -2.08.